The van der Waals surface area contributed by atoms with Crippen LogP contribution in [0.3, 0.4) is 0 Å². The number of hydrogen-bond acceptors (Lipinski definition) is 2. The molecule has 1 aliphatic carbocycles. The number of amides is 3. The highest BCUT2D eigenvalue weighted by Crippen LogP contribution is 2.18. The molecule has 27 heavy (non-hydrogen) atoms. The Bertz CT molecular complexity index is 570. The van der Waals surface area contributed by atoms with Gasteiger partial charge >= 0.3 is 6.03 Å². The Morgan fingerprint density at radius 1 is 1.15 bits per heavy atom. The molecule has 1 aliphatic rings. The summed E-state index contributed by atoms with van der Waals surface area (Å²) in [4.78, 5) is 26.7. The lowest BCUT2D eigenvalue weighted by atomic mass is 9.96. The zero-order chi connectivity index (χ0) is 19.5. The average Bonchev–Trinajstić information content (AvgIpc) is 2.69. The highest BCUT2D eigenvalue weighted by Gasteiger charge is 2.23. The summed E-state index contributed by atoms with van der Waals surface area (Å²) in [5.41, 5.74) is 1.21. The average molecular weight is 374 g/mol. The maximum atomic E-state index is 12.7. The third-order valence-electron chi connectivity index (χ3n) is 5.47. The van der Waals surface area contributed by atoms with Crippen LogP contribution < -0.4 is 10.6 Å². The Morgan fingerprint density at radius 2 is 1.85 bits per heavy atom. The number of hydrogen-bond donors (Lipinski definition) is 2. The largest absolute Gasteiger partial charge is 0.356 e. The number of rotatable bonds is 9. The molecule has 5 heteroatoms. The van der Waals surface area contributed by atoms with Crippen molar-refractivity contribution in [2.45, 2.75) is 77.3 Å². The molecular weight excluding hydrogens is 338 g/mol. The Hall–Kier alpha value is -2.04. The first kappa shape index (κ1) is 21.3. The SMILES string of the molecule is CCC(C)N(CCC(=O)NCCc1ccccc1)C(=O)NC1CCCCC1. The fourth-order valence-corrected chi connectivity index (χ4v) is 3.55. The number of nitrogens with zero attached hydrogens (tertiary/aromatic N) is 1. The van der Waals surface area contributed by atoms with Crippen LogP contribution in [-0.4, -0.2) is 42.0 Å². The Balaban J connectivity index is 1.75. The lowest BCUT2D eigenvalue weighted by Gasteiger charge is -2.32. The van der Waals surface area contributed by atoms with Gasteiger partial charge in [0, 0.05) is 31.6 Å². The molecule has 2 rings (SSSR count). The van der Waals surface area contributed by atoms with Gasteiger partial charge in [0.25, 0.3) is 0 Å². The molecule has 150 valence electrons. The van der Waals surface area contributed by atoms with Crippen molar-refractivity contribution in [3.63, 3.8) is 0 Å². The molecule has 1 fully saturated rings. The minimum absolute atomic E-state index is 0.00435. The molecule has 2 N–H and O–H groups in total. The van der Waals surface area contributed by atoms with Gasteiger partial charge in [-0.3, -0.25) is 4.79 Å². The third-order valence-corrected chi connectivity index (χ3v) is 5.47. The number of carbonyl (C=O) groups is 2. The van der Waals surface area contributed by atoms with Crippen molar-refractivity contribution in [3.8, 4) is 0 Å². The van der Waals surface area contributed by atoms with Gasteiger partial charge in [-0.25, -0.2) is 4.79 Å². The Morgan fingerprint density at radius 3 is 2.52 bits per heavy atom. The zero-order valence-corrected chi connectivity index (χ0v) is 16.9. The van der Waals surface area contributed by atoms with E-state index in [2.05, 4.69) is 29.7 Å². The van der Waals surface area contributed by atoms with Crippen molar-refractivity contribution in [2.75, 3.05) is 13.1 Å². The van der Waals surface area contributed by atoms with Crippen LogP contribution in [0.15, 0.2) is 30.3 Å². The lowest BCUT2D eigenvalue weighted by molar-refractivity contribution is -0.121. The van der Waals surface area contributed by atoms with Crippen LogP contribution in [0.5, 0.6) is 0 Å². The fourth-order valence-electron chi connectivity index (χ4n) is 3.55. The van der Waals surface area contributed by atoms with Crippen LogP contribution in [0.25, 0.3) is 0 Å². The van der Waals surface area contributed by atoms with E-state index in [1.54, 1.807) is 0 Å². The van der Waals surface area contributed by atoms with E-state index < -0.39 is 0 Å². The summed E-state index contributed by atoms with van der Waals surface area (Å²) < 4.78 is 0. The van der Waals surface area contributed by atoms with Gasteiger partial charge in [-0.05, 0) is 38.2 Å². The van der Waals surface area contributed by atoms with Gasteiger partial charge in [0.2, 0.25) is 5.91 Å². The van der Waals surface area contributed by atoms with E-state index in [4.69, 9.17) is 0 Å². The predicted molar refractivity (Wildman–Crippen MR) is 110 cm³/mol. The van der Waals surface area contributed by atoms with E-state index in [1.807, 2.05) is 30.0 Å². The summed E-state index contributed by atoms with van der Waals surface area (Å²) in [6, 6.07) is 10.5. The number of carbonyl (C=O) groups excluding carboxylic acids is 2. The van der Waals surface area contributed by atoms with Crippen molar-refractivity contribution in [2.24, 2.45) is 0 Å². The molecular formula is C22H35N3O2. The first-order chi connectivity index (χ1) is 13.1. The highest BCUT2D eigenvalue weighted by molar-refractivity contribution is 5.78. The summed E-state index contributed by atoms with van der Waals surface area (Å²) in [6.45, 7) is 5.21. The van der Waals surface area contributed by atoms with Crippen LogP contribution in [0.1, 0.15) is 64.4 Å². The van der Waals surface area contributed by atoms with Crippen LogP contribution in [0, 0.1) is 0 Å². The van der Waals surface area contributed by atoms with E-state index in [-0.39, 0.29) is 24.0 Å². The van der Waals surface area contributed by atoms with Crippen LogP contribution in [-0.2, 0) is 11.2 Å². The molecule has 0 bridgehead atoms. The van der Waals surface area contributed by atoms with E-state index in [9.17, 15) is 9.59 Å². The first-order valence-corrected chi connectivity index (χ1v) is 10.5. The topological polar surface area (TPSA) is 61.4 Å². The van der Waals surface area contributed by atoms with E-state index in [0.29, 0.717) is 19.5 Å². The molecule has 5 nitrogen and oxygen atoms in total. The van der Waals surface area contributed by atoms with Crippen molar-refractivity contribution in [1.29, 1.82) is 0 Å². The van der Waals surface area contributed by atoms with E-state index in [1.165, 1.54) is 24.8 Å². The standard InChI is InChI=1S/C22H35N3O2/c1-3-18(2)25(22(27)24-20-12-8-5-9-13-20)17-15-21(26)23-16-14-19-10-6-4-7-11-19/h4,6-7,10-11,18,20H,3,5,8-9,12-17H2,1-2H3,(H,23,26)(H,24,27). The van der Waals surface area contributed by atoms with E-state index >= 15 is 0 Å². The monoisotopic (exact) mass is 373 g/mol. The molecule has 0 aliphatic heterocycles. The molecule has 0 spiro atoms. The summed E-state index contributed by atoms with van der Waals surface area (Å²) in [5.74, 6) is 0.00435. The zero-order valence-electron chi connectivity index (χ0n) is 16.9. The second-order valence-corrected chi connectivity index (χ2v) is 7.57. The number of nitrogens with one attached hydrogen (secondary N) is 2. The van der Waals surface area contributed by atoms with Crippen molar-refractivity contribution in [1.82, 2.24) is 15.5 Å². The highest BCUT2D eigenvalue weighted by atomic mass is 16.2. The molecule has 1 atom stereocenters. The van der Waals surface area contributed by atoms with Gasteiger partial charge in [-0.2, -0.15) is 0 Å². The predicted octanol–water partition coefficient (Wildman–Crippen LogP) is 3.88. The van der Waals surface area contributed by atoms with Gasteiger partial charge in [0.15, 0.2) is 0 Å². The summed E-state index contributed by atoms with van der Waals surface area (Å²) in [6.07, 6.45) is 7.84. The number of urea groups is 1. The summed E-state index contributed by atoms with van der Waals surface area (Å²) in [7, 11) is 0. The molecule has 1 saturated carbocycles. The quantitative estimate of drug-likeness (QED) is 0.690. The maximum absolute atomic E-state index is 12.7. The van der Waals surface area contributed by atoms with Crippen molar-refractivity contribution >= 4 is 11.9 Å². The minimum Gasteiger partial charge on any atom is -0.356 e. The summed E-state index contributed by atoms with van der Waals surface area (Å²) in [5, 5.41) is 6.14. The van der Waals surface area contributed by atoms with Gasteiger partial charge < -0.3 is 15.5 Å². The molecule has 3 amide bonds. The Kier molecular flexibility index (Phi) is 9.16. The van der Waals surface area contributed by atoms with Gasteiger partial charge in [0.1, 0.15) is 0 Å². The maximum Gasteiger partial charge on any atom is 0.317 e. The third kappa shape index (κ3) is 7.61. The summed E-state index contributed by atoms with van der Waals surface area (Å²) >= 11 is 0. The van der Waals surface area contributed by atoms with Crippen LogP contribution in [0.2, 0.25) is 0 Å². The Labute approximate surface area is 163 Å². The lowest BCUT2D eigenvalue weighted by Crippen LogP contribution is -2.49. The second-order valence-electron chi connectivity index (χ2n) is 7.57. The van der Waals surface area contributed by atoms with E-state index in [0.717, 1.165) is 25.7 Å². The smallest absolute Gasteiger partial charge is 0.317 e. The van der Waals surface area contributed by atoms with Gasteiger partial charge in [0.05, 0.1) is 0 Å². The van der Waals surface area contributed by atoms with Crippen molar-refractivity contribution < 1.29 is 9.59 Å². The number of benzene rings is 1. The molecule has 1 unspecified atom stereocenters. The van der Waals surface area contributed by atoms with Gasteiger partial charge in [-0.1, -0.05) is 56.5 Å². The molecule has 0 heterocycles. The van der Waals surface area contributed by atoms with Crippen molar-refractivity contribution in [3.05, 3.63) is 35.9 Å². The molecule has 1 aromatic carbocycles. The molecule has 0 aromatic heterocycles. The molecule has 0 saturated heterocycles. The first-order valence-electron chi connectivity index (χ1n) is 10.5. The van der Waals surface area contributed by atoms with Crippen LogP contribution in [0.4, 0.5) is 4.79 Å². The minimum atomic E-state index is -0.0201. The molecule has 1 aromatic rings. The fraction of sp³-hybridized carbons (Fsp3) is 0.636. The molecule has 0 radical (unpaired) electrons. The van der Waals surface area contributed by atoms with Crippen LogP contribution >= 0.6 is 0 Å². The normalized spacial score (nSPS) is 15.8. The van der Waals surface area contributed by atoms with Gasteiger partial charge in [-0.15, -0.1) is 0 Å². The second kappa shape index (κ2) is 11.6.